The predicted octanol–water partition coefficient (Wildman–Crippen LogP) is 4.16. The fourth-order valence-corrected chi connectivity index (χ4v) is 2.73. The van der Waals surface area contributed by atoms with E-state index in [0.717, 1.165) is 10.0 Å². The minimum atomic E-state index is -0.423. The fraction of sp³-hybridized carbons (Fsp3) is 0.143. The van der Waals surface area contributed by atoms with Crippen LogP contribution < -0.4 is 10.5 Å². The largest absolute Gasteiger partial charge is 0.487 e. The molecule has 5 nitrogen and oxygen atoms in total. The number of hydrogen-bond donors (Lipinski definition) is 1. The van der Waals surface area contributed by atoms with E-state index in [9.17, 15) is 10.1 Å². The average molecular weight is 416 g/mol. The van der Waals surface area contributed by atoms with Crippen molar-refractivity contribution in [2.24, 2.45) is 5.73 Å². The number of hydrogen-bond acceptors (Lipinski definition) is 4. The third kappa shape index (κ3) is 3.81. The molecule has 0 unspecified atom stereocenters. The van der Waals surface area contributed by atoms with Crippen LogP contribution >= 0.6 is 31.9 Å². The smallest absolute Gasteiger partial charge is 0.277 e. The van der Waals surface area contributed by atoms with Crippen LogP contribution in [-0.2, 0) is 13.2 Å². The Morgan fingerprint density at radius 2 is 1.95 bits per heavy atom. The lowest BCUT2D eigenvalue weighted by molar-refractivity contribution is -0.385. The molecule has 7 heteroatoms. The van der Waals surface area contributed by atoms with Crippen LogP contribution in [0.4, 0.5) is 5.69 Å². The molecule has 0 spiro atoms. The van der Waals surface area contributed by atoms with Gasteiger partial charge in [-0.2, -0.15) is 0 Å². The normalized spacial score (nSPS) is 10.4. The van der Waals surface area contributed by atoms with Gasteiger partial charge in [-0.1, -0.05) is 28.1 Å². The van der Waals surface area contributed by atoms with Crippen molar-refractivity contribution in [2.75, 3.05) is 0 Å². The third-order valence-electron chi connectivity index (χ3n) is 2.88. The topological polar surface area (TPSA) is 78.4 Å². The number of benzene rings is 2. The number of nitrogens with two attached hydrogens (primary N) is 1. The molecule has 2 aromatic rings. The van der Waals surface area contributed by atoms with Crippen molar-refractivity contribution in [3.05, 3.63) is 66.6 Å². The molecule has 0 saturated heterocycles. The van der Waals surface area contributed by atoms with Crippen molar-refractivity contribution in [3.63, 3.8) is 0 Å². The van der Waals surface area contributed by atoms with Gasteiger partial charge < -0.3 is 10.5 Å². The molecule has 0 aliphatic rings. The Bertz CT molecular complexity index is 677. The Morgan fingerprint density at radius 3 is 2.62 bits per heavy atom. The highest BCUT2D eigenvalue weighted by Gasteiger charge is 2.16. The molecule has 0 amide bonds. The van der Waals surface area contributed by atoms with E-state index in [1.807, 2.05) is 18.2 Å². The standard InChI is InChI=1S/C14H12Br2N2O3/c15-11-5-4-10(13(6-11)18(19)20)8-21-14-9(7-17)2-1-3-12(14)16/h1-6H,7-8,17H2. The zero-order valence-electron chi connectivity index (χ0n) is 10.9. The highest BCUT2D eigenvalue weighted by atomic mass is 79.9. The summed E-state index contributed by atoms with van der Waals surface area (Å²) in [7, 11) is 0. The summed E-state index contributed by atoms with van der Waals surface area (Å²) < 4.78 is 7.15. The van der Waals surface area contributed by atoms with Gasteiger partial charge in [0, 0.05) is 22.6 Å². The fourth-order valence-electron chi connectivity index (χ4n) is 1.85. The maximum absolute atomic E-state index is 11.1. The Labute approximate surface area is 138 Å². The second-order valence-corrected chi connectivity index (χ2v) is 6.02. The molecule has 2 N–H and O–H groups in total. The summed E-state index contributed by atoms with van der Waals surface area (Å²) in [5.74, 6) is 0.609. The van der Waals surface area contributed by atoms with Gasteiger partial charge in [0.15, 0.2) is 0 Å². The number of ether oxygens (including phenoxy) is 1. The molecule has 110 valence electrons. The zero-order valence-corrected chi connectivity index (χ0v) is 14.1. The summed E-state index contributed by atoms with van der Waals surface area (Å²) >= 11 is 6.62. The molecule has 2 rings (SSSR count). The van der Waals surface area contributed by atoms with E-state index in [-0.39, 0.29) is 12.3 Å². The first-order valence-electron chi connectivity index (χ1n) is 6.06. The van der Waals surface area contributed by atoms with Gasteiger partial charge in [-0.3, -0.25) is 10.1 Å². The number of halogens is 2. The van der Waals surface area contributed by atoms with Crippen molar-refractivity contribution in [1.82, 2.24) is 0 Å². The van der Waals surface area contributed by atoms with Crippen molar-refractivity contribution in [3.8, 4) is 5.75 Å². The summed E-state index contributed by atoms with van der Waals surface area (Å²) in [6, 6.07) is 10.4. The molecule has 0 saturated carbocycles. The van der Waals surface area contributed by atoms with Gasteiger partial charge in [-0.25, -0.2) is 0 Å². The summed E-state index contributed by atoms with van der Waals surface area (Å²) in [4.78, 5) is 10.7. The first-order chi connectivity index (χ1) is 10.0. The van der Waals surface area contributed by atoms with E-state index in [1.165, 1.54) is 6.07 Å². The quantitative estimate of drug-likeness (QED) is 0.587. The SMILES string of the molecule is NCc1cccc(Br)c1OCc1ccc(Br)cc1[N+](=O)[O-]. The molecule has 0 bridgehead atoms. The zero-order chi connectivity index (χ0) is 15.4. The highest BCUT2D eigenvalue weighted by molar-refractivity contribution is 9.10. The van der Waals surface area contributed by atoms with E-state index in [0.29, 0.717) is 22.3 Å². The summed E-state index contributed by atoms with van der Waals surface area (Å²) in [5, 5.41) is 11.1. The highest BCUT2D eigenvalue weighted by Crippen LogP contribution is 2.31. The minimum Gasteiger partial charge on any atom is -0.487 e. The number of rotatable bonds is 5. The number of para-hydroxylation sites is 1. The van der Waals surface area contributed by atoms with Gasteiger partial charge in [0.25, 0.3) is 5.69 Å². The molecular weight excluding hydrogens is 404 g/mol. The first kappa shape index (κ1) is 15.9. The van der Waals surface area contributed by atoms with E-state index in [1.54, 1.807) is 12.1 Å². The summed E-state index contributed by atoms with van der Waals surface area (Å²) in [6.45, 7) is 0.427. The molecule has 0 radical (unpaired) electrons. The Balaban J connectivity index is 2.27. The second kappa shape index (κ2) is 7.02. The van der Waals surface area contributed by atoms with Crippen molar-refractivity contribution < 1.29 is 9.66 Å². The Kier molecular flexibility index (Phi) is 5.33. The van der Waals surface area contributed by atoms with E-state index in [2.05, 4.69) is 31.9 Å². The second-order valence-electron chi connectivity index (χ2n) is 4.25. The van der Waals surface area contributed by atoms with Crippen LogP contribution in [0.3, 0.4) is 0 Å². The van der Waals surface area contributed by atoms with Crippen molar-refractivity contribution in [2.45, 2.75) is 13.2 Å². The monoisotopic (exact) mass is 414 g/mol. The predicted molar refractivity (Wildman–Crippen MR) is 87.2 cm³/mol. The molecule has 0 atom stereocenters. The van der Waals surface area contributed by atoms with Crippen molar-refractivity contribution >= 4 is 37.5 Å². The average Bonchev–Trinajstić information content (AvgIpc) is 2.46. The van der Waals surface area contributed by atoms with Crippen LogP contribution in [0.15, 0.2) is 45.3 Å². The van der Waals surface area contributed by atoms with Gasteiger partial charge in [0.1, 0.15) is 12.4 Å². The van der Waals surface area contributed by atoms with Crippen LogP contribution in [-0.4, -0.2) is 4.92 Å². The molecule has 0 aromatic heterocycles. The van der Waals surface area contributed by atoms with Crippen LogP contribution in [0.2, 0.25) is 0 Å². The molecule has 0 aliphatic heterocycles. The minimum absolute atomic E-state index is 0.0192. The van der Waals surface area contributed by atoms with Gasteiger partial charge >= 0.3 is 0 Å². The number of nitro benzene ring substituents is 1. The summed E-state index contributed by atoms with van der Waals surface area (Å²) in [5.41, 5.74) is 7.03. The number of nitro groups is 1. The molecule has 0 fully saturated rings. The van der Waals surface area contributed by atoms with Crippen LogP contribution in [0.5, 0.6) is 5.75 Å². The van der Waals surface area contributed by atoms with Crippen molar-refractivity contribution in [1.29, 1.82) is 0 Å². The molecule has 0 heterocycles. The lowest BCUT2D eigenvalue weighted by atomic mass is 10.2. The van der Waals surface area contributed by atoms with Crippen LogP contribution in [0.25, 0.3) is 0 Å². The maximum Gasteiger partial charge on any atom is 0.277 e. The number of nitrogens with zero attached hydrogens (tertiary/aromatic N) is 1. The molecule has 2 aromatic carbocycles. The van der Waals surface area contributed by atoms with Gasteiger partial charge in [0.2, 0.25) is 0 Å². The van der Waals surface area contributed by atoms with Gasteiger partial charge in [0.05, 0.1) is 15.0 Å². The van der Waals surface area contributed by atoms with Crippen LogP contribution in [0, 0.1) is 10.1 Å². The Hall–Kier alpha value is -1.44. The maximum atomic E-state index is 11.1. The van der Waals surface area contributed by atoms with Gasteiger partial charge in [-0.05, 0) is 34.1 Å². The molecular formula is C14H12Br2N2O3. The van der Waals surface area contributed by atoms with E-state index in [4.69, 9.17) is 10.5 Å². The first-order valence-corrected chi connectivity index (χ1v) is 7.64. The Morgan fingerprint density at radius 1 is 1.19 bits per heavy atom. The molecule has 0 aliphatic carbocycles. The lowest BCUT2D eigenvalue weighted by Crippen LogP contribution is -2.05. The van der Waals surface area contributed by atoms with Crippen LogP contribution in [0.1, 0.15) is 11.1 Å². The lowest BCUT2D eigenvalue weighted by Gasteiger charge is -2.12. The summed E-state index contributed by atoms with van der Waals surface area (Å²) in [6.07, 6.45) is 0. The van der Waals surface area contributed by atoms with E-state index < -0.39 is 4.92 Å². The van der Waals surface area contributed by atoms with E-state index >= 15 is 0 Å². The molecule has 21 heavy (non-hydrogen) atoms. The third-order valence-corrected chi connectivity index (χ3v) is 4.00. The van der Waals surface area contributed by atoms with Gasteiger partial charge in [-0.15, -0.1) is 0 Å².